The molecule has 70 valence electrons. The number of methoxy groups -OCH3 is 1. The molecule has 12 heavy (non-hydrogen) atoms. The van der Waals surface area contributed by atoms with Gasteiger partial charge in [0.2, 0.25) is 5.91 Å². The van der Waals surface area contributed by atoms with Crippen LogP contribution in [0.25, 0.3) is 0 Å². The smallest absolute Gasteiger partial charge is 0.246 e. The minimum atomic E-state index is -0.0696. The van der Waals surface area contributed by atoms with E-state index in [1.807, 2.05) is 0 Å². The van der Waals surface area contributed by atoms with Gasteiger partial charge in [0, 0.05) is 13.0 Å². The van der Waals surface area contributed by atoms with Crippen LogP contribution in [0.2, 0.25) is 0 Å². The van der Waals surface area contributed by atoms with E-state index in [1.54, 1.807) is 0 Å². The Bertz CT molecular complexity index is 160. The van der Waals surface area contributed by atoms with Gasteiger partial charge in [-0.25, -0.2) is 0 Å². The fourth-order valence-electron chi connectivity index (χ4n) is 1.22. The van der Waals surface area contributed by atoms with Crippen LogP contribution < -0.4 is 5.32 Å². The summed E-state index contributed by atoms with van der Waals surface area (Å²) in [6, 6.07) is 0.160. The SMILES string of the molecule is COCC(=O)NC1COCC1C. The lowest BCUT2D eigenvalue weighted by Gasteiger charge is -2.14. The minimum Gasteiger partial charge on any atom is -0.379 e. The number of hydrogen-bond donors (Lipinski definition) is 1. The Labute approximate surface area is 72.2 Å². The summed E-state index contributed by atoms with van der Waals surface area (Å²) in [6.45, 7) is 3.54. The molecule has 1 amide bonds. The Morgan fingerprint density at radius 1 is 1.67 bits per heavy atom. The molecule has 1 rings (SSSR count). The molecular formula is C8H15NO3. The number of rotatable bonds is 3. The van der Waals surface area contributed by atoms with Gasteiger partial charge in [-0.1, -0.05) is 6.92 Å². The van der Waals surface area contributed by atoms with Crippen molar-refractivity contribution in [3.05, 3.63) is 0 Å². The lowest BCUT2D eigenvalue weighted by molar-refractivity contribution is -0.125. The number of carbonyl (C=O) groups is 1. The monoisotopic (exact) mass is 173 g/mol. The molecule has 0 bridgehead atoms. The molecule has 2 unspecified atom stereocenters. The molecule has 0 aliphatic carbocycles. The first-order chi connectivity index (χ1) is 5.74. The lowest BCUT2D eigenvalue weighted by Crippen LogP contribution is -2.40. The van der Waals surface area contributed by atoms with E-state index in [4.69, 9.17) is 9.47 Å². The van der Waals surface area contributed by atoms with Crippen molar-refractivity contribution in [3.63, 3.8) is 0 Å². The van der Waals surface area contributed by atoms with Crippen LogP contribution in [0, 0.1) is 5.92 Å². The van der Waals surface area contributed by atoms with Crippen molar-refractivity contribution in [2.45, 2.75) is 13.0 Å². The zero-order valence-corrected chi connectivity index (χ0v) is 7.50. The van der Waals surface area contributed by atoms with Gasteiger partial charge in [0.25, 0.3) is 0 Å². The second kappa shape index (κ2) is 4.42. The molecular weight excluding hydrogens is 158 g/mol. The molecule has 0 aromatic rings. The summed E-state index contributed by atoms with van der Waals surface area (Å²) in [5.41, 5.74) is 0. The molecule has 1 aliphatic rings. The van der Waals surface area contributed by atoms with Crippen LogP contribution in [-0.4, -0.2) is 38.9 Å². The summed E-state index contributed by atoms with van der Waals surface area (Å²) in [5, 5.41) is 2.84. The quantitative estimate of drug-likeness (QED) is 0.642. The van der Waals surface area contributed by atoms with Crippen molar-refractivity contribution in [3.8, 4) is 0 Å². The van der Waals surface area contributed by atoms with Crippen LogP contribution in [-0.2, 0) is 14.3 Å². The van der Waals surface area contributed by atoms with Crippen molar-refractivity contribution in [1.82, 2.24) is 5.32 Å². The molecule has 1 heterocycles. The van der Waals surface area contributed by atoms with Crippen molar-refractivity contribution < 1.29 is 14.3 Å². The van der Waals surface area contributed by atoms with Gasteiger partial charge in [-0.05, 0) is 0 Å². The van der Waals surface area contributed by atoms with Gasteiger partial charge in [-0.3, -0.25) is 4.79 Å². The Kier molecular flexibility index (Phi) is 3.49. The normalized spacial score (nSPS) is 28.8. The number of ether oxygens (including phenoxy) is 2. The number of hydrogen-bond acceptors (Lipinski definition) is 3. The molecule has 0 aromatic heterocycles. The van der Waals surface area contributed by atoms with Crippen LogP contribution in [0.3, 0.4) is 0 Å². The molecule has 0 radical (unpaired) electrons. The molecule has 2 atom stereocenters. The minimum absolute atomic E-state index is 0.0696. The van der Waals surface area contributed by atoms with E-state index in [2.05, 4.69) is 12.2 Å². The first-order valence-corrected chi connectivity index (χ1v) is 4.10. The second-order valence-electron chi connectivity index (χ2n) is 3.12. The zero-order valence-electron chi connectivity index (χ0n) is 7.50. The summed E-state index contributed by atoms with van der Waals surface area (Å²) in [7, 11) is 1.51. The summed E-state index contributed by atoms with van der Waals surface area (Å²) in [5.74, 6) is 0.339. The maximum Gasteiger partial charge on any atom is 0.246 e. The third kappa shape index (κ3) is 2.46. The highest BCUT2D eigenvalue weighted by Crippen LogP contribution is 2.11. The predicted octanol–water partition coefficient (Wildman–Crippen LogP) is -0.216. The van der Waals surface area contributed by atoms with Gasteiger partial charge in [-0.2, -0.15) is 0 Å². The molecule has 4 nitrogen and oxygen atoms in total. The van der Waals surface area contributed by atoms with Gasteiger partial charge in [-0.15, -0.1) is 0 Å². The van der Waals surface area contributed by atoms with Crippen LogP contribution >= 0.6 is 0 Å². The van der Waals surface area contributed by atoms with Crippen LogP contribution in [0.1, 0.15) is 6.92 Å². The zero-order chi connectivity index (χ0) is 8.97. The highest BCUT2D eigenvalue weighted by Gasteiger charge is 2.25. The van der Waals surface area contributed by atoms with E-state index in [1.165, 1.54) is 7.11 Å². The fourth-order valence-corrected chi connectivity index (χ4v) is 1.22. The third-order valence-electron chi connectivity index (χ3n) is 1.99. The number of nitrogens with one attached hydrogen (secondary N) is 1. The van der Waals surface area contributed by atoms with Crippen molar-refractivity contribution >= 4 is 5.91 Å². The third-order valence-corrected chi connectivity index (χ3v) is 1.99. The van der Waals surface area contributed by atoms with Crippen LogP contribution in [0.5, 0.6) is 0 Å². The second-order valence-corrected chi connectivity index (χ2v) is 3.12. The van der Waals surface area contributed by atoms with E-state index < -0.39 is 0 Å². The Morgan fingerprint density at radius 3 is 2.92 bits per heavy atom. The fraction of sp³-hybridized carbons (Fsp3) is 0.875. The largest absolute Gasteiger partial charge is 0.379 e. The molecule has 0 aromatic carbocycles. The summed E-state index contributed by atoms with van der Waals surface area (Å²) >= 11 is 0. The topological polar surface area (TPSA) is 47.6 Å². The molecule has 4 heteroatoms. The average Bonchev–Trinajstić information content (AvgIpc) is 2.37. The van der Waals surface area contributed by atoms with Gasteiger partial charge in [0.15, 0.2) is 0 Å². The Morgan fingerprint density at radius 2 is 2.42 bits per heavy atom. The van der Waals surface area contributed by atoms with E-state index >= 15 is 0 Å². The molecule has 0 spiro atoms. The first-order valence-electron chi connectivity index (χ1n) is 4.10. The maximum absolute atomic E-state index is 11.1. The van der Waals surface area contributed by atoms with Gasteiger partial charge in [0.1, 0.15) is 6.61 Å². The highest BCUT2D eigenvalue weighted by atomic mass is 16.5. The highest BCUT2D eigenvalue weighted by molar-refractivity contribution is 5.77. The molecule has 1 aliphatic heterocycles. The first kappa shape index (κ1) is 9.48. The van der Waals surface area contributed by atoms with Crippen molar-refractivity contribution in [2.24, 2.45) is 5.92 Å². The van der Waals surface area contributed by atoms with Crippen molar-refractivity contribution in [1.29, 1.82) is 0 Å². The van der Waals surface area contributed by atoms with Crippen LogP contribution in [0.15, 0.2) is 0 Å². The summed E-state index contributed by atoms with van der Waals surface area (Å²) in [4.78, 5) is 11.1. The molecule has 1 saturated heterocycles. The Balaban J connectivity index is 2.25. The van der Waals surface area contributed by atoms with Gasteiger partial charge < -0.3 is 14.8 Å². The Hall–Kier alpha value is -0.610. The maximum atomic E-state index is 11.1. The van der Waals surface area contributed by atoms with Crippen LogP contribution in [0.4, 0.5) is 0 Å². The van der Waals surface area contributed by atoms with E-state index in [9.17, 15) is 4.79 Å². The summed E-state index contributed by atoms with van der Waals surface area (Å²) in [6.07, 6.45) is 0. The standard InChI is InChI=1S/C8H15NO3/c1-6-3-12-4-7(6)9-8(10)5-11-2/h6-7H,3-5H2,1-2H3,(H,9,10). The molecule has 0 saturated carbocycles. The number of carbonyl (C=O) groups excluding carboxylic acids is 1. The lowest BCUT2D eigenvalue weighted by atomic mass is 10.1. The van der Waals surface area contributed by atoms with E-state index in [-0.39, 0.29) is 18.6 Å². The van der Waals surface area contributed by atoms with Crippen molar-refractivity contribution in [2.75, 3.05) is 26.9 Å². The molecule has 1 fully saturated rings. The predicted molar refractivity (Wildman–Crippen MR) is 43.8 cm³/mol. The van der Waals surface area contributed by atoms with E-state index in [0.717, 1.165) is 6.61 Å². The summed E-state index contributed by atoms with van der Waals surface area (Å²) < 4.78 is 9.89. The number of amides is 1. The van der Waals surface area contributed by atoms with Gasteiger partial charge >= 0.3 is 0 Å². The van der Waals surface area contributed by atoms with E-state index in [0.29, 0.717) is 12.5 Å². The molecule has 1 N–H and O–H groups in total. The average molecular weight is 173 g/mol. The van der Waals surface area contributed by atoms with Gasteiger partial charge in [0.05, 0.1) is 19.3 Å².